The van der Waals surface area contributed by atoms with E-state index in [1.807, 2.05) is 0 Å². The van der Waals surface area contributed by atoms with Crippen LogP contribution in [-0.4, -0.2) is 41.0 Å². The van der Waals surface area contributed by atoms with Crippen molar-refractivity contribution in [1.82, 2.24) is 20.2 Å². The zero-order chi connectivity index (χ0) is 13.0. The van der Waals surface area contributed by atoms with Crippen molar-refractivity contribution in [3.63, 3.8) is 0 Å². The van der Waals surface area contributed by atoms with Gasteiger partial charge in [-0.3, -0.25) is 0 Å². The van der Waals surface area contributed by atoms with Crippen LogP contribution < -0.4 is 15.2 Å². The van der Waals surface area contributed by atoms with Gasteiger partial charge in [0.1, 0.15) is 17.2 Å². The Hall–Kier alpha value is -2.15. The summed E-state index contributed by atoms with van der Waals surface area (Å²) in [6, 6.07) is 5.38. The fourth-order valence-corrected chi connectivity index (χ4v) is 1.53. The van der Waals surface area contributed by atoms with E-state index in [4.69, 9.17) is 15.2 Å². The highest BCUT2D eigenvalue weighted by atomic mass is 16.5. The molecule has 0 aliphatic heterocycles. The average Bonchev–Trinajstić information content (AvgIpc) is 2.87. The molecule has 0 fully saturated rings. The van der Waals surface area contributed by atoms with Crippen LogP contribution in [0.25, 0.3) is 5.69 Å². The summed E-state index contributed by atoms with van der Waals surface area (Å²) in [7, 11) is 3.18. The van der Waals surface area contributed by atoms with E-state index >= 15 is 0 Å². The quantitative estimate of drug-likeness (QED) is 0.813. The number of aromatic nitrogens is 4. The van der Waals surface area contributed by atoms with Crippen LogP contribution in [0.15, 0.2) is 18.2 Å². The van der Waals surface area contributed by atoms with E-state index in [-0.39, 0.29) is 0 Å². The van der Waals surface area contributed by atoms with Gasteiger partial charge in [0.2, 0.25) is 0 Å². The van der Waals surface area contributed by atoms with Crippen molar-refractivity contribution in [1.29, 1.82) is 0 Å². The second-order valence-electron chi connectivity index (χ2n) is 3.57. The summed E-state index contributed by atoms with van der Waals surface area (Å²) in [6.45, 7) is 0.487. The van der Waals surface area contributed by atoms with E-state index in [0.29, 0.717) is 36.0 Å². The Morgan fingerprint density at radius 2 is 2.11 bits per heavy atom. The third kappa shape index (κ3) is 2.40. The predicted molar refractivity (Wildman–Crippen MR) is 65.0 cm³/mol. The van der Waals surface area contributed by atoms with E-state index < -0.39 is 0 Å². The standard InChI is InChI=1S/C11H15N5O2/c1-17-8-3-4-10(18-2)9(7-8)16-14-11(5-6-12)13-15-16/h3-4,7H,5-6,12H2,1-2H3. The van der Waals surface area contributed by atoms with Gasteiger partial charge in [0, 0.05) is 12.5 Å². The Morgan fingerprint density at radius 1 is 1.28 bits per heavy atom. The smallest absolute Gasteiger partial charge is 0.176 e. The maximum atomic E-state index is 5.45. The molecule has 0 saturated heterocycles. The molecule has 18 heavy (non-hydrogen) atoms. The SMILES string of the molecule is COc1ccc(OC)c(-n2nnc(CCN)n2)c1. The minimum absolute atomic E-state index is 0.487. The third-order valence-corrected chi connectivity index (χ3v) is 2.42. The lowest BCUT2D eigenvalue weighted by Gasteiger charge is -2.08. The highest BCUT2D eigenvalue weighted by molar-refractivity contribution is 5.49. The lowest BCUT2D eigenvalue weighted by Crippen LogP contribution is -2.05. The maximum absolute atomic E-state index is 5.45. The Morgan fingerprint density at radius 3 is 2.78 bits per heavy atom. The lowest BCUT2D eigenvalue weighted by atomic mass is 10.3. The number of methoxy groups -OCH3 is 2. The monoisotopic (exact) mass is 249 g/mol. The molecule has 1 heterocycles. The molecule has 0 spiro atoms. The number of nitrogens with zero attached hydrogens (tertiary/aromatic N) is 4. The molecule has 2 rings (SSSR count). The minimum Gasteiger partial charge on any atom is -0.497 e. The summed E-state index contributed by atoms with van der Waals surface area (Å²) in [5.41, 5.74) is 6.12. The molecule has 0 saturated carbocycles. The van der Waals surface area contributed by atoms with Crippen LogP contribution in [0, 0.1) is 0 Å². The van der Waals surface area contributed by atoms with Crippen molar-refractivity contribution >= 4 is 0 Å². The van der Waals surface area contributed by atoms with Crippen molar-refractivity contribution in [2.24, 2.45) is 5.73 Å². The number of nitrogens with two attached hydrogens (primary N) is 1. The number of tetrazole rings is 1. The van der Waals surface area contributed by atoms with Gasteiger partial charge in [0.15, 0.2) is 5.82 Å². The lowest BCUT2D eigenvalue weighted by molar-refractivity contribution is 0.399. The molecule has 96 valence electrons. The van der Waals surface area contributed by atoms with Crippen LogP contribution in [0.2, 0.25) is 0 Å². The molecule has 0 bridgehead atoms. The van der Waals surface area contributed by atoms with Gasteiger partial charge >= 0.3 is 0 Å². The van der Waals surface area contributed by atoms with Gasteiger partial charge in [-0.25, -0.2) is 0 Å². The summed E-state index contributed by atoms with van der Waals surface area (Å²) in [5.74, 6) is 1.94. The van der Waals surface area contributed by atoms with Crippen LogP contribution in [0.4, 0.5) is 0 Å². The Bertz CT molecular complexity index is 526. The molecular weight excluding hydrogens is 234 g/mol. The van der Waals surface area contributed by atoms with Crippen molar-refractivity contribution < 1.29 is 9.47 Å². The molecule has 2 N–H and O–H groups in total. The molecule has 1 aromatic heterocycles. The van der Waals surface area contributed by atoms with Crippen LogP contribution in [0.3, 0.4) is 0 Å². The second kappa shape index (κ2) is 5.46. The van der Waals surface area contributed by atoms with E-state index in [9.17, 15) is 0 Å². The fourth-order valence-electron chi connectivity index (χ4n) is 1.53. The molecule has 0 aliphatic rings. The van der Waals surface area contributed by atoms with Crippen LogP contribution in [0.1, 0.15) is 5.82 Å². The van der Waals surface area contributed by atoms with Gasteiger partial charge in [0.05, 0.1) is 14.2 Å². The van der Waals surface area contributed by atoms with Gasteiger partial charge in [-0.2, -0.15) is 0 Å². The molecule has 0 unspecified atom stereocenters. The number of hydrogen-bond acceptors (Lipinski definition) is 6. The van der Waals surface area contributed by atoms with E-state index in [1.54, 1.807) is 32.4 Å². The first kappa shape index (κ1) is 12.3. The van der Waals surface area contributed by atoms with Crippen molar-refractivity contribution in [3.8, 4) is 17.2 Å². The Labute approximate surface area is 104 Å². The van der Waals surface area contributed by atoms with Gasteiger partial charge < -0.3 is 15.2 Å². The van der Waals surface area contributed by atoms with Gasteiger partial charge in [0.25, 0.3) is 0 Å². The Balaban J connectivity index is 2.40. The first-order valence-electron chi connectivity index (χ1n) is 5.50. The minimum atomic E-state index is 0.487. The zero-order valence-corrected chi connectivity index (χ0v) is 10.3. The molecule has 0 aliphatic carbocycles. The molecule has 0 amide bonds. The first-order valence-corrected chi connectivity index (χ1v) is 5.50. The van der Waals surface area contributed by atoms with Crippen LogP contribution >= 0.6 is 0 Å². The summed E-state index contributed by atoms with van der Waals surface area (Å²) in [5, 5.41) is 12.1. The van der Waals surface area contributed by atoms with Crippen molar-refractivity contribution in [3.05, 3.63) is 24.0 Å². The van der Waals surface area contributed by atoms with Crippen molar-refractivity contribution in [2.45, 2.75) is 6.42 Å². The van der Waals surface area contributed by atoms with E-state index in [1.165, 1.54) is 4.80 Å². The number of hydrogen-bond donors (Lipinski definition) is 1. The van der Waals surface area contributed by atoms with Crippen LogP contribution in [-0.2, 0) is 6.42 Å². The topological polar surface area (TPSA) is 88.1 Å². The average molecular weight is 249 g/mol. The molecule has 1 aromatic carbocycles. The molecule has 2 aromatic rings. The highest BCUT2D eigenvalue weighted by Crippen LogP contribution is 2.26. The highest BCUT2D eigenvalue weighted by Gasteiger charge is 2.11. The number of benzene rings is 1. The fraction of sp³-hybridized carbons (Fsp3) is 0.364. The van der Waals surface area contributed by atoms with Gasteiger partial charge in [-0.15, -0.1) is 15.0 Å². The van der Waals surface area contributed by atoms with E-state index in [2.05, 4.69) is 15.4 Å². The van der Waals surface area contributed by atoms with Gasteiger partial charge in [-0.1, -0.05) is 0 Å². The molecule has 0 radical (unpaired) electrons. The van der Waals surface area contributed by atoms with Crippen molar-refractivity contribution in [2.75, 3.05) is 20.8 Å². The third-order valence-electron chi connectivity index (χ3n) is 2.42. The maximum Gasteiger partial charge on any atom is 0.176 e. The molecule has 0 atom stereocenters. The summed E-state index contributed by atoms with van der Waals surface area (Å²) < 4.78 is 10.4. The summed E-state index contributed by atoms with van der Waals surface area (Å²) >= 11 is 0. The zero-order valence-electron chi connectivity index (χ0n) is 10.3. The largest absolute Gasteiger partial charge is 0.497 e. The normalized spacial score (nSPS) is 10.4. The second-order valence-corrected chi connectivity index (χ2v) is 3.57. The Kier molecular flexibility index (Phi) is 3.73. The first-order chi connectivity index (χ1) is 8.78. The number of ether oxygens (including phenoxy) is 2. The van der Waals surface area contributed by atoms with Gasteiger partial charge in [-0.05, 0) is 23.9 Å². The summed E-state index contributed by atoms with van der Waals surface area (Å²) in [4.78, 5) is 1.41. The number of rotatable bonds is 5. The summed E-state index contributed by atoms with van der Waals surface area (Å²) in [6.07, 6.45) is 0.590. The molecular formula is C11H15N5O2. The predicted octanol–water partition coefficient (Wildman–Crippen LogP) is 0.181. The van der Waals surface area contributed by atoms with E-state index in [0.717, 1.165) is 0 Å². The van der Waals surface area contributed by atoms with Crippen LogP contribution in [0.5, 0.6) is 11.5 Å². The molecule has 7 nitrogen and oxygen atoms in total. The molecule has 7 heteroatoms.